The molecular formula is C17H24O11. The number of ether oxygens (including phenoxy) is 6. The third-order valence-corrected chi connectivity index (χ3v) is 3.70. The van der Waals surface area contributed by atoms with Crippen LogP contribution in [0.5, 0.6) is 0 Å². The van der Waals surface area contributed by atoms with Crippen molar-refractivity contribution >= 4 is 29.8 Å². The molecular weight excluding hydrogens is 380 g/mol. The Balaban J connectivity index is 3.36. The minimum Gasteiger partial charge on any atom is -0.462 e. The smallest absolute Gasteiger partial charge is 0.305 e. The lowest BCUT2D eigenvalue weighted by molar-refractivity contribution is -0.203. The van der Waals surface area contributed by atoms with E-state index in [2.05, 4.69) is 0 Å². The highest BCUT2D eigenvalue weighted by Gasteiger charge is 2.63. The first-order chi connectivity index (χ1) is 12.9. The Morgan fingerprint density at radius 1 is 0.857 bits per heavy atom. The topological polar surface area (TPSA) is 141 Å². The van der Waals surface area contributed by atoms with E-state index < -0.39 is 66.7 Å². The zero-order chi connectivity index (χ0) is 21.6. The number of esters is 5. The van der Waals surface area contributed by atoms with Gasteiger partial charge in [-0.25, -0.2) is 0 Å². The van der Waals surface area contributed by atoms with Gasteiger partial charge >= 0.3 is 29.8 Å². The van der Waals surface area contributed by atoms with Gasteiger partial charge in [0.15, 0.2) is 11.7 Å². The Kier molecular flexibility index (Phi) is 7.91. The molecule has 1 aliphatic rings. The molecule has 0 aromatic carbocycles. The summed E-state index contributed by atoms with van der Waals surface area (Å²) in [5, 5.41) is 0. The molecule has 11 heteroatoms. The van der Waals surface area contributed by atoms with Crippen LogP contribution in [0, 0.1) is 0 Å². The molecule has 0 amide bonds. The predicted octanol–water partition coefficient (Wildman–Crippen LogP) is 0.0227. The van der Waals surface area contributed by atoms with E-state index in [-0.39, 0.29) is 0 Å². The Morgan fingerprint density at radius 3 is 1.86 bits per heavy atom. The van der Waals surface area contributed by atoms with E-state index in [0.29, 0.717) is 0 Å². The average Bonchev–Trinajstić information content (AvgIpc) is 2.74. The summed E-state index contributed by atoms with van der Waals surface area (Å²) in [6, 6.07) is 0. The van der Waals surface area contributed by atoms with E-state index in [9.17, 15) is 24.0 Å². The summed E-state index contributed by atoms with van der Waals surface area (Å²) in [5.74, 6) is -3.65. The minimum absolute atomic E-state index is 0.435. The molecule has 0 aliphatic carbocycles. The lowest BCUT2D eigenvalue weighted by Gasteiger charge is -2.35. The summed E-state index contributed by atoms with van der Waals surface area (Å²) in [4.78, 5) is 57.4. The maximum absolute atomic E-state index is 11.7. The standard InChI is InChI=1S/C17H24O11/c1-8(18)23-7-13(24-9(2)19)14-17(6,28-12(5)22)15(25-10(3)20)16(27-14)26-11(4)21/h13-16H,7H2,1-6H3/t13?,14-,15+,16?,17+/m1/s1. The molecule has 1 saturated heterocycles. The fourth-order valence-electron chi connectivity index (χ4n) is 2.87. The third kappa shape index (κ3) is 6.19. The van der Waals surface area contributed by atoms with E-state index in [4.69, 9.17) is 28.4 Å². The first kappa shape index (κ1) is 23.3. The molecule has 5 atom stereocenters. The molecule has 0 aromatic rings. The Labute approximate surface area is 161 Å². The van der Waals surface area contributed by atoms with Crippen LogP contribution in [-0.4, -0.2) is 66.7 Å². The van der Waals surface area contributed by atoms with Gasteiger partial charge in [-0.15, -0.1) is 0 Å². The van der Waals surface area contributed by atoms with E-state index in [1.165, 1.54) is 6.92 Å². The fourth-order valence-corrected chi connectivity index (χ4v) is 2.87. The molecule has 0 aromatic heterocycles. The number of hydrogen-bond acceptors (Lipinski definition) is 11. The van der Waals surface area contributed by atoms with Gasteiger partial charge in [0.05, 0.1) is 0 Å². The van der Waals surface area contributed by atoms with Crippen LogP contribution in [0.1, 0.15) is 41.5 Å². The van der Waals surface area contributed by atoms with Crippen molar-refractivity contribution in [2.24, 2.45) is 0 Å². The number of hydrogen-bond donors (Lipinski definition) is 0. The Hall–Kier alpha value is -2.69. The zero-order valence-corrected chi connectivity index (χ0v) is 16.5. The molecule has 0 spiro atoms. The summed E-state index contributed by atoms with van der Waals surface area (Å²) < 4.78 is 31.2. The van der Waals surface area contributed by atoms with Crippen LogP contribution in [0.25, 0.3) is 0 Å². The average molecular weight is 404 g/mol. The number of carbonyl (C=O) groups excluding carboxylic acids is 5. The van der Waals surface area contributed by atoms with Gasteiger partial charge in [0.1, 0.15) is 12.7 Å². The molecule has 28 heavy (non-hydrogen) atoms. The van der Waals surface area contributed by atoms with Gasteiger partial charge in [0.2, 0.25) is 12.4 Å². The number of carbonyl (C=O) groups is 5. The maximum atomic E-state index is 11.7. The van der Waals surface area contributed by atoms with Crippen molar-refractivity contribution in [3.63, 3.8) is 0 Å². The molecule has 1 rings (SSSR count). The van der Waals surface area contributed by atoms with Crippen LogP contribution in [0.15, 0.2) is 0 Å². The molecule has 1 fully saturated rings. The molecule has 2 unspecified atom stereocenters. The van der Waals surface area contributed by atoms with E-state index in [0.717, 1.165) is 34.6 Å². The second-order valence-corrected chi connectivity index (χ2v) is 6.29. The van der Waals surface area contributed by atoms with E-state index >= 15 is 0 Å². The molecule has 0 bridgehead atoms. The van der Waals surface area contributed by atoms with Gasteiger partial charge in [-0.2, -0.15) is 0 Å². The first-order valence-electron chi connectivity index (χ1n) is 8.36. The lowest BCUT2D eigenvalue weighted by atomic mass is 9.90. The van der Waals surface area contributed by atoms with Crippen molar-refractivity contribution in [1.29, 1.82) is 0 Å². The first-order valence-corrected chi connectivity index (χ1v) is 8.36. The fraction of sp³-hybridized carbons (Fsp3) is 0.706. The quantitative estimate of drug-likeness (QED) is 0.419. The molecule has 0 radical (unpaired) electrons. The molecule has 1 heterocycles. The van der Waals surface area contributed by atoms with Crippen molar-refractivity contribution < 1.29 is 52.4 Å². The van der Waals surface area contributed by atoms with E-state index in [1.54, 1.807) is 0 Å². The normalized spacial score (nSPS) is 27.3. The molecule has 1 aliphatic heterocycles. The van der Waals surface area contributed by atoms with Gasteiger partial charge in [-0.3, -0.25) is 24.0 Å². The van der Waals surface area contributed by atoms with Gasteiger partial charge in [-0.1, -0.05) is 0 Å². The second kappa shape index (κ2) is 9.49. The minimum atomic E-state index is -1.72. The highest BCUT2D eigenvalue weighted by molar-refractivity contribution is 5.69. The Morgan fingerprint density at radius 2 is 1.43 bits per heavy atom. The predicted molar refractivity (Wildman–Crippen MR) is 88.3 cm³/mol. The Bertz CT molecular complexity index is 643. The van der Waals surface area contributed by atoms with Crippen molar-refractivity contribution in [3.05, 3.63) is 0 Å². The van der Waals surface area contributed by atoms with Crippen LogP contribution in [0.2, 0.25) is 0 Å². The van der Waals surface area contributed by atoms with Crippen LogP contribution < -0.4 is 0 Å². The third-order valence-electron chi connectivity index (χ3n) is 3.70. The van der Waals surface area contributed by atoms with Gasteiger partial charge in [0.25, 0.3) is 0 Å². The number of rotatable bonds is 7. The summed E-state index contributed by atoms with van der Waals surface area (Å²) in [5.41, 5.74) is -1.72. The SMILES string of the molecule is CC(=O)OCC(OC(C)=O)[C@H]1OC(OC(C)=O)[C@H](OC(C)=O)[C@@]1(C)OC(C)=O. The zero-order valence-electron chi connectivity index (χ0n) is 16.5. The largest absolute Gasteiger partial charge is 0.462 e. The van der Waals surface area contributed by atoms with Crippen LogP contribution in [0.3, 0.4) is 0 Å². The molecule has 0 N–H and O–H groups in total. The maximum Gasteiger partial charge on any atom is 0.305 e. The van der Waals surface area contributed by atoms with Crippen molar-refractivity contribution in [2.75, 3.05) is 6.61 Å². The molecule has 11 nitrogen and oxygen atoms in total. The van der Waals surface area contributed by atoms with E-state index in [1.807, 2.05) is 0 Å². The van der Waals surface area contributed by atoms with Crippen molar-refractivity contribution in [2.45, 2.75) is 71.7 Å². The lowest BCUT2D eigenvalue weighted by Crippen LogP contribution is -2.56. The summed E-state index contributed by atoms with van der Waals surface area (Å²) in [7, 11) is 0. The van der Waals surface area contributed by atoms with Gasteiger partial charge in [0, 0.05) is 34.6 Å². The highest BCUT2D eigenvalue weighted by Crippen LogP contribution is 2.40. The monoisotopic (exact) mass is 404 g/mol. The second-order valence-electron chi connectivity index (χ2n) is 6.29. The summed E-state index contributed by atoms with van der Waals surface area (Å²) in [6.45, 7) is 6.51. The van der Waals surface area contributed by atoms with Gasteiger partial charge < -0.3 is 28.4 Å². The van der Waals surface area contributed by atoms with Crippen LogP contribution >= 0.6 is 0 Å². The molecule has 0 saturated carbocycles. The van der Waals surface area contributed by atoms with Crippen LogP contribution in [-0.2, 0) is 52.4 Å². The highest BCUT2D eigenvalue weighted by atomic mass is 16.8. The van der Waals surface area contributed by atoms with Crippen molar-refractivity contribution in [3.8, 4) is 0 Å². The van der Waals surface area contributed by atoms with Crippen LogP contribution in [0.4, 0.5) is 0 Å². The summed E-state index contributed by atoms with van der Waals surface area (Å²) in [6.07, 6.45) is -5.35. The van der Waals surface area contributed by atoms with Gasteiger partial charge in [-0.05, 0) is 6.92 Å². The molecule has 158 valence electrons. The van der Waals surface area contributed by atoms with Crippen molar-refractivity contribution in [1.82, 2.24) is 0 Å². The summed E-state index contributed by atoms with van der Waals surface area (Å²) >= 11 is 0.